The first kappa shape index (κ1) is 22.0. The molecule has 2 aromatic rings. The van der Waals surface area contributed by atoms with Gasteiger partial charge in [0.1, 0.15) is 5.75 Å². The molecule has 0 saturated heterocycles. The fourth-order valence-corrected chi connectivity index (χ4v) is 3.14. The molecule has 28 heavy (non-hydrogen) atoms. The molecule has 0 saturated carbocycles. The third-order valence-corrected chi connectivity index (χ3v) is 4.90. The first-order valence-electron chi connectivity index (χ1n) is 7.49. The van der Waals surface area contributed by atoms with Crippen LogP contribution < -0.4 is 9.46 Å². The molecule has 5 nitrogen and oxygen atoms in total. The lowest BCUT2D eigenvalue weighted by Gasteiger charge is -2.14. The summed E-state index contributed by atoms with van der Waals surface area (Å²) in [4.78, 5) is -0.387. The van der Waals surface area contributed by atoms with Crippen LogP contribution in [0.3, 0.4) is 0 Å². The lowest BCUT2D eigenvalue weighted by Crippen LogP contribution is -2.28. The highest BCUT2D eigenvalue weighted by atomic mass is 32.2. The molecule has 2 aromatic carbocycles. The number of aliphatic hydroxyl groups is 1. The van der Waals surface area contributed by atoms with E-state index in [1.54, 1.807) is 0 Å². The van der Waals surface area contributed by atoms with Crippen LogP contribution in [0.4, 0.5) is 26.3 Å². The van der Waals surface area contributed by atoms with Gasteiger partial charge in [-0.15, -0.1) is 13.2 Å². The summed E-state index contributed by atoms with van der Waals surface area (Å²) >= 11 is 0. The summed E-state index contributed by atoms with van der Waals surface area (Å²) in [6.07, 6.45) is -10.9. The van der Waals surface area contributed by atoms with E-state index >= 15 is 0 Å². The molecule has 2 rings (SSSR count). The van der Waals surface area contributed by atoms with Crippen molar-refractivity contribution in [2.75, 3.05) is 6.54 Å². The number of alkyl halides is 6. The lowest BCUT2D eigenvalue weighted by atomic mass is 10.1. The second kappa shape index (κ2) is 7.97. The molecule has 12 heteroatoms. The van der Waals surface area contributed by atoms with Crippen LogP contribution in [0.5, 0.6) is 5.75 Å². The van der Waals surface area contributed by atoms with E-state index < -0.39 is 46.5 Å². The summed E-state index contributed by atoms with van der Waals surface area (Å²) in [6, 6.07) is 6.83. The van der Waals surface area contributed by atoms with Crippen LogP contribution in [0.1, 0.15) is 17.2 Å². The summed E-state index contributed by atoms with van der Waals surface area (Å²) in [6.45, 7) is -0.561. The molecular weight excluding hydrogens is 416 g/mol. The smallest absolute Gasteiger partial charge is 0.406 e. The Hall–Kier alpha value is -2.31. The third kappa shape index (κ3) is 6.11. The molecule has 154 valence electrons. The Balaban J connectivity index is 2.02. The second-order valence-electron chi connectivity index (χ2n) is 5.51. The molecule has 0 heterocycles. The standard InChI is InChI=1S/C16H13F6NO4S/c17-15(18,19)11-3-1-10(2-4-11)14(24)9-23-28(25,26)13-7-5-12(6-8-13)27-16(20,21)22/h1-8,14,23-24H,9H2/t14-/m1/s1. The molecule has 0 aliphatic rings. The molecule has 0 spiro atoms. The molecule has 0 aromatic heterocycles. The van der Waals surface area contributed by atoms with Crippen molar-refractivity contribution in [3.8, 4) is 5.75 Å². The number of nitrogens with one attached hydrogen (secondary N) is 1. The van der Waals surface area contributed by atoms with Gasteiger partial charge in [0.05, 0.1) is 16.6 Å². The first-order chi connectivity index (χ1) is 12.8. The first-order valence-corrected chi connectivity index (χ1v) is 8.97. The van der Waals surface area contributed by atoms with Crippen molar-refractivity contribution in [2.45, 2.75) is 23.5 Å². The summed E-state index contributed by atoms with van der Waals surface area (Å²) in [7, 11) is -4.18. The van der Waals surface area contributed by atoms with E-state index in [1.807, 2.05) is 4.72 Å². The Labute approximate surface area is 155 Å². The Morgan fingerprint density at radius 2 is 1.46 bits per heavy atom. The Bertz CT molecular complexity index is 893. The second-order valence-corrected chi connectivity index (χ2v) is 7.27. The SMILES string of the molecule is O=S(=O)(NC[C@@H](O)c1ccc(C(F)(F)F)cc1)c1ccc(OC(F)(F)F)cc1. The van der Waals surface area contributed by atoms with E-state index in [-0.39, 0.29) is 10.5 Å². The van der Waals surface area contributed by atoms with Crippen molar-refractivity contribution in [2.24, 2.45) is 0 Å². The van der Waals surface area contributed by atoms with Gasteiger partial charge in [0.2, 0.25) is 10.0 Å². The van der Waals surface area contributed by atoms with Crippen LogP contribution in [0, 0.1) is 0 Å². The van der Waals surface area contributed by atoms with Crippen molar-refractivity contribution in [3.63, 3.8) is 0 Å². The van der Waals surface area contributed by atoms with Crippen molar-refractivity contribution in [1.29, 1.82) is 0 Å². The van der Waals surface area contributed by atoms with Crippen LogP contribution >= 0.6 is 0 Å². The van der Waals surface area contributed by atoms with Gasteiger partial charge in [0.25, 0.3) is 0 Å². The highest BCUT2D eigenvalue weighted by Crippen LogP contribution is 2.30. The summed E-state index contributed by atoms with van der Waals surface area (Å²) in [5, 5.41) is 9.94. The number of halogens is 6. The number of ether oxygens (including phenoxy) is 1. The zero-order valence-corrected chi connectivity index (χ0v) is 14.6. The van der Waals surface area contributed by atoms with Crippen LogP contribution in [0.25, 0.3) is 0 Å². The Morgan fingerprint density at radius 1 is 0.929 bits per heavy atom. The number of aliphatic hydroxyl groups excluding tert-OH is 1. The van der Waals surface area contributed by atoms with Gasteiger partial charge in [0, 0.05) is 6.54 Å². The monoisotopic (exact) mass is 429 g/mol. The minimum atomic E-state index is -4.93. The van der Waals surface area contributed by atoms with Crippen LogP contribution in [0.15, 0.2) is 53.4 Å². The third-order valence-electron chi connectivity index (χ3n) is 3.46. The Morgan fingerprint density at radius 3 is 1.93 bits per heavy atom. The van der Waals surface area contributed by atoms with Crippen molar-refractivity contribution >= 4 is 10.0 Å². The van der Waals surface area contributed by atoms with Gasteiger partial charge in [-0.3, -0.25) is 0 Å². The molecule has 0 aliphatic carbocycles. The van der Waals surface area contributed by atoms with E-state index in [0.29, 0.717) is 0 Å². The fourth-order valence-electron chi connectivity index (χ4n) is 2.10. The summed E-state index contributed by atoms with van der Waals surface area (Å²) in [5.41, 5.74) is -0.880. The van der Waals surface area contributed by atoms with Gasteiger partial charge in [-0.1, -0.05) is 12.1 Å². The topological polar surface area (TPSA) is 75.6 Å². The van der Waals surface area contributed by atoms with Crippen LogP contribution in [-0.4, -0.2) is 26.4 Å². The van der Waals surface area contributed by atoms with Gasteiger partial charge >= 0.3 is 12.5 Å². The molecule has 2 N–H and O–H groups in total. The van der Waals surface area contributed by atoms with Crippen molar-refractivity contribution in [1.82, 2.24) is 4.72 Å². The molecule has 0 aliphatic heterocycles. The highest BCUT2D eigenvalue weighted by Gasteiger charge is 2.31. The van der Waals surface area contributed by atoms with Gasteiger partial charge in [-0.2, -0.15) is 13.2 Å². The lowest BCUT2D eigenvalue weighted by molar-refractivity contribution is -0.274. The number of rotatable bonds is 6. The maximum Gasteiger partial charge on any atom is 0.573 e. The zero-order chi connectivity index (χ0) is 21.2. The maximum absolute atomic E-state index is 12.5. The summed E-state index contributed by atoms with van der Waals surface area (Å²) < 4.78 is 104. The predicted molar refractivity (Wildman–Crippen MR) is 84.7 cm³/mol. The molecular formula is C16H13F6NO4S. The van der Waals surface area contributed by atoms with Gasteiger partial charge in [0.15, 0.2) is 0 Å². The largest absolute Gasteiger partial charge is 0.573 e. The molecule has 0 amide bonds. The number of sulfonamides is 1. The normalized spacial score (nSPS) is 14.0. The van der Waals surface area contributed by atoms with Crippen LogP contribution in [-0.2, 0) is 16.2 Å². The fraction of sp³-hybridized carbons (Fsp3) is 0.250. The highest BCUT2D eigenvalue weighted by molar-refractivity contribution is 7.89. The Kier molecular flexibility index (Phi) is 6.26. The average molecular weight is 429 g/mol. The maximum atomic E-state index is 12.5. The molecule has 0 unspecified atom stereocenters. The van der Waals surface area contributed by atoms with Gasteiger partial charge in [-0.25, -0.2) is 13.1 Å². The van der Waals surface area contributed by atoms with E-state index in [9.17, 15) is 39.9 Å². The van der Waals surface area contributed by atoms with Gasteiger partial charge < -0.3 is 9.84 Å². The molecule has 1 atom stereocenters. The number of hydrogen-bond acceptors (Lipinski definition) is 4. The van der Waals surface area contributed by atoms with Gasteiger partial charge in [-0.05, 0) is 42.0 Å². The van der Waals surface area contributed by atoms with Crippen LogP contribution in [0.2, 0.25) is 0 Å². The van der Waals surface area contributed by atoms with E-state index in [4.69, 9.17) is 0 Å². The molecule has 0 radical (unpaired) electrons. The van der Waals surface area contributed by atoms with Crippen molar-refractivity contribution < 1.29 is 44.6 Å². The predicted octanol–water partition coefficient (Wildman–Crippen LogP) is 3.62. The van der Waals surface area contributed by atoms with Crippen molar-refractivity contribution in [3.05, 3.63) is 59.7 Å². The average Bonchev–Trinajstić information content (AvgIpc) is 2.58. The molecule has 0 fully saturated rings. The zero-order valence-electron chi connectivity index (χ0n) is 13.8. The molecule has 0 bridgehead atoms. The minimum absolute atomic E-state index is 0.0459. The number of hydrogen-bond donors (Lipinski definition) is 2. The minimum Gasteiger partial charge on any atom is -0.406 e. The van der Waals surface area contributed by atoms with E-state index in [0.717, 1.165) is 48.5 Å². The quantitative estimate of drug-likeness (QED) is 0.688. The summed E-state index contributed by atoms with van der Waals surface area (Å²) in [5.74, 6) is -0.615. The number of benzene rings is 2. The van der Waals surface area contributed by atoms with E-state index in [1.165, 1.54) is 0 Å². The van der Waals surface area contributed by atoms with E-state index in [2.05, 4.69) is 4.74 Å².